The molecule has 8 heteroatoms. The quantitative estimate of drug-likeness (QED) is 0.486. The molecule has 5 nitrogen and oxygen atoms in total. The van der Waals surface area contributed by atoms with E-state index in [0.717, 1.165) is 5.56 Å². The van der Waals surface area contributed by atoms with E-state index in [1.807, 2.05) is 30.3 Å². The van der Waals surface area contributed by atoms with Crippen molar-refractivity contribution in [1.82, 2.24) is 20.1 Å². The molecule has 0 saturated carbocycles. The minimum absolute atomic E-state index is 0.180. The highest BCUT2D eigenvalue weighted by atomic mass is 79.9. The fourth-order valence-electron chi connectivity index (χ4n) is 2.36. The second-order valence-corrected chi connectivity index (χ2v) is 6.33. The minimum atomic E-state index is -0.476. The van der Waals surface area contributed by atoms with Gasteiger partial charge in [-0.25, -0.2) is 9.37 Å². The van der Waals surface area contributed by atoms with E-state index in [9.17, 15) is 4.39 Å². The Morgan fingerprint density at radius 2 is 1.84 bits per heavy atom. The van der Waals surface area contributed by atoms with Crippen molar-refractivity contribution in [2.75, 3.05) is 0 Å². The topological polar surface area (TPSA) is 67.6 Å². The lowest BCUT2D eigenvalue weighted by Gasteiger charge is -2.01. The third-order valence-electron chi connectivity index (χ3n) is 3.52. The molecule has 25 heavy (non-hydrogen) atoms. The van der Waals surface area contributed by atoms with Gasteiger partial charge in [0.1, 0.15) is 16.2 Å². The largest absolute Gasteiger partial charge is 0.332 e. The Hall–Kier alpha value is -2.51. The highest BCUT2D eigenvalue weighted by Crippen LogP contribution is 2.34. The molecule has 0 fully saturated rings. The number of nitrogens with one attached hydrogen (secondary N) is 1. The summed E-state index contributed by atoms with van der Waals surface area (Å²) in [5, 5.41) is 4.21. The molecule has 2 heterocycles. The average molecular weight is 420 g/mol. The maximum absolute atomic E-state index is 14.1. The summed E-state index contributed by atoms with van der Waals surface area (Å²) < 4.78 is 19.9. The van der Waals surface area contributed by atoms with E-state index in [-0.39, 0.29) is 22.3 Å². The first-order chi connectivity index (χ1) is 12.1. The average Bonchev–Trinajstić information content (AvgIpc) is 3.22. The molecule has 0 spiro atoms. The summed E-state index contributed by atoms with van der Waals surface area (Å²) in [4.78, 5) is 11.6. The van der Waals surface area contributed by atoms with Crippen molar-refractivity contribution in [3.05, 3.63) is 64.0 Å². The van der Waals surface area contributed by atoms with Crippen LogP contribution < -0.4 is 0 Å². The van der Waals surface area contributed by atoms with E-state index in [4.69, 9.17) is 16.1 Å². The molecule has 0 amide bonds. The van der Waals surface area contributed by atoms with E-state index in [0.29, 0.717) is 16.1 Å². The van der Waals surface area contributed by atoms with Crippen LogP contribution in [-0.4, -0.2) is 20.1 Å². The monoisotopic (exact) mass is 418 g/mol. The molecule has 0 aliphatic rings. The lowest BCUT2D eigenvalue weighted by atomic mass is 10.2. The molecular formula is C17H9BrClFN4O. The van der Waals surface area contributed by atoms with Gasteiger partial charge in [-0.05, 0) is 28.1 Å². The molecule has 0 aliphatic heterocycles. The van der Waals surface area contributed by atoms with Crippen LogP contribution in [0, 0.1) is 5.82 Å². The molecule has 0 aliphatic carbocycles. The maximum Gasteiger partial charge on any atom is 0.279 e. The van der Waals surface area contributed by atoms with Crippen LogP contribution in [0.2, 0.25) is 5.02 Å². The Morgan fingerprint density at radius 3 is 2.60 bits per heavy atom. The van der Waals surface area contributed by atoms with E-state index in [2.05, 4.69) is 36.0 Å². The number of rotatable bonds is 3. The van der Waals surface area contributed by atoms with Gasteiger partial charge < -0.3 is 9.51 Å². The molecule has 0 saturated heterocycles. The molecular weight excluding hydrogens is 411 g/mol. The molecule has 0 radical (unpaired) electrons. The fourth-order valence-corrected chi connectivity index (χ4v) is 3.06. The van der Waals surface area contributed by atoms with Crippen molar-refractivity contribution in [3.8, 4) is 34.4 Å². The number of benzene rings is 2. The Bertz CT molecular complexity index is 1030. The van der Waals surface area contributed by atoms with Crippen LogP contribution >= 0.6 is 27.5 Å². The number of imidazole rings is 1. The summed E-state index contributed by atoms with van der Waals surface area (Å²) in [5.74, 6) is 0.442. The number of hydrogen-bond acceptors (Lipinski definition) is 4. The number of hydrogen-bond donors (Lipinski definition) is 1. The van der Waals surface area contributed by atoms with Crippen molar-refractivity contribution in [1.29, 1.82) is 0 Å². The molecule has 1 N–H and O–H groups in total. The maximum atomic E-state index is 14.1. The first-order valence-electron chi connectivity index (χ1n) is 7.23. The zero-order valence-corrected chi connectivity index (χ0v) is 14.8. The van der Waals surface area contributed by atoms with E-state index >= 15 is 0 Å². The Labute approximate surface area is 155 Å². The minimum Gasteiger partial charge on any atom is -0.332 e. The number of nitrogens with zero attached hydrogens (tertiary/aromatic N) is 3. The predicted molar refractivity (Wildman–Crippen MR) is 95.4 cm³/mol. The van der Waals surface area contributed by atoms with Gasteiger partial charge in [0.05, 0.1) is 10.6 Å². The smallest absolute Gasteiger partial charge is 0.279 e. The van der Waals surface area contributed by atoms with Crippen molar-refractivity contribution < 1.29 is 8.91 Å². The number of H-pyrrole nitrogens is 1. The highest BCUT2D eigenvalue weighted by molar-refractivity contribution is 9.10. The molecule has 2 aromatic heterocycles. The Morgan fingerprint density at radius 1 is 1.04 bits per heavy atom. The summed E-state index contributed by atoms with van der Waals surface area (Å²) in [6.07, 6.45) is 0. The van der Waals surface area contributed by atoms with Gasteiger partial charge >= 0.3 is 0 Å². The van der Waals surface area contributed by atoms with Crippen molar-refractivity contribution in [2.45, 2.75) is 0 Å². The van der Waals surface area contributed by atoms with Crippen LogP contribution in [0.15, 0.2) is 57.7 Å². The third-order valence-corrected chi connectivity index (χ3v) is 4.41. The lowest BCUT2D eigenvalue weighted by Crippen LogP contribution is -1.88. The van der Waals surface area contributed by atoms with Gasteiger partial charge in [-0.1, -0.05) is 53.2 Å². The van der Waals surface area contributed by atoms with Crippen molar-refractivity contribution in [2.24, 2.45) is 0 Å². The van der Waals surface area contributed by atoms with Gasteiger partial charge in [0.2, 0.25) is 5.82 Å². The molecule has 124 valence electrons. The predicted octanol–water partition coefficient (Wildman–Crippen LogP) is 5.35. The first-order valence-corrected chi connectivity index (χ1v) is 8.40. The molecule has 0 atom stereocenters. The zero-order valence-electron chi connectivity index (χ0n) is 12.5. The Balaban J connectivity index is 1.76. The van der Waals surface area contributed by atoms with Crippen LogP contribution in [0.4, 0.5) is 4.39 Å². The van der Waals surface area contributed by atoms with Crippen LogP contribution in [0.1, 0.15) is 0 Å². The van der Waals surface area contributed by atoms with Crippen LogP contribution in [-0.2, 0) is 0 Å². The van der Waals surface area contributed by atoms with Gasteiger partial charge in [0.25, 0.3) is 5.89 Å². The number of aromatic amines is 1. The van der Waals surface area contributed by atoms with Gasteiger partial charge in [0.15, 0.2) is 5.69 Å². The van der Waals surface area contributed by atoms with Gasteiger partial charge in [0, 0.05) is 5.56 Å². The number of aromatic nitrogens is 4. The summed E-state index contributed by atoms with van der Waals surface area (Å²) in [6.45, 7) is 0. The SMILES string of the molecule is Fc1cccc(Cl)c1-c1nc(-c2nc(-c3ccccc3)no2)c(Br)[nH]1. The van der Waals surface area contributed by atoms with Crippen molar-refractivity contribution >= 4 is 27.5 Å². The molecule has 0 bridgehead atoms. The first kappa shape index (κ1) is 16.0. The molecule has 0 unspecified atom stereocenters. The second-order valence-electron chi connectivity index (χ2n) is 5.13. The third kappa shape index (κ3) is 2.96. The van der Waals surface area contributed by atoms with Crippen LogP contribution in [0.25, 0.3) is 34.4 Å². The highest BCUT2D eigenvalue weighted by Gasteiger charge is 2.21. The van der Waals surface area contributed by atoms with E-state index in [1.165, 1.54) is 12.1 Å². The van der Waals surface area contributed by atoms with Gasteiger partial charge in [-0.3, -0.25) is 0 Å². The lowest BCUT2D eigenvalue weighted by molar-refractivity contribution is 0.431. The molecule has 2 aromatic carbocycles. The standard InChI is InChI=1S/C17H9BrClFN4O/c18-14-13(17-23-15(24-25-17)9-5-2-1-3-6-9)21-16(22-14)12-10(19)7-4-8-11(12)20/h1-8H,(H,21,22). The van der Waals surface area contributed by atoms with Gasteiger partial charge in [-0.2, -0.15) is 4.98 Å². The zero-order chi connectivity index (χ0) is 17.4. The van der Waals surface area contributed by atoms with Crippen LogP contribution in [0.3, 0.4) is 0 Å². The summed E-state index contributed by atoms with van der Waals surface area (Å²) in [5.41, 5.74) is 1.38. The van der Waals surface area contributed by atoms with E-state index in [1.54, 1.807) is 6.07 Å². The fraction of sp³-hybridized carbons (Fsp3) is 0. The summed E-state index contributed by atoms with van der Waals surface area (Å²) in [7, 11) is 0. The Kier molecular flexibility index (Phi) is 4.10. The van der Waals surface area contributed by atoms with E-state index < -0.39 is 5.82 Å². The molecule has 4 rings (SSSR count). The summed E-state index contributed by atoms with van der Waals surface area (Å²) >= 11 is 9.44. The summed E-state index contributed by atoms with van der Waals surface area (Å²) in [6, 6.07) is 13.9. The normalized spacial score (nSPS) is 11.0. The van der Waals surface area contributed by atoms with Crippen LogP contribution in [0.5, 0.6) is 0 Å². The van der Waals surface area contributed by atoms with Gasteiger partial charge in [-0.15, -0.1) is 0 Å². The number of halogens is 3. The van der Waals surface area contributed by atoms with Crippen molar-refractivity contribution in [3.63, 3.8) is 0 Å². The molecule has 4 aromatic rings. The second kappa shape index (κ2) is 6.42.